The molecule has 5 heteroatoms. The van der Waals surface area contributed by atoms with Gasteiger partial charge in [0.1, 0.15) is 0 Å². The lowest BCUT2D eigenvalue weighted by molar-refractivity contribution is -0.130. The number of fused-ring (bicyclic) bond motifs is 1. The third kappa shape index (κ3) is 3.03. The highest BCUT2D eigenvalue weighted by atomic mass is 32.2. The maximum absolute atomic E-state index is 12.8. The molecule has 1 amide bonds. The van der Waals surface area contributed by atoms with Crippen LogP contribution < -0.4 is 0 Å². The third-order valence-electron chi connectivity index (χ3n) is 4.98. The Morgan fingerprint density at radius 3 is 2.83 bits per heavy atom. The Bertz CT molecular complexity index is 758. The molecule has 4 nitrogen and oxygen atoms in total. The molecule has 1 atom stereocenters. The van der Waals surface area contributed by atoms with Gasteiger partial charge in [0.2, 0.25) is 5.91 Å². The number of hydrogen-bond acceptors (Lipinski definition) is 4. The number of aromatic nitrogens is 1. The summed E-state index contributed by atoms with van der Waals surface area (Å²) in [6.07, 6.45) is 2.85. The van der Waals surface area contributed by atoms with Crippen molar-refractivity contribution in [1.29, 1.82) is 0 Å². The smallest absolute Gasteiger partial charge is 0.236 e. The standard InChI is InChI=1S/C19H22N2O2S/c1-13-12-18(20-16-5-3-2-4-15(13)16)24-17-6-9-21(19(17)22)14-7-10-23-11-8-14/h2-5,12,14,17H,6-11H2,1H3/t17-/m0/s1. The average molecular weight is 342 g/mol. The molecule has 0 spiro atoms. The summed E-state index contributed by atoms with van der Waals surface area (Å²) in [6.45, 7) is 4.53. The lowest BCUT2D eigenvalue weighted by atomic mass is 10.1. The summed E-state index contributed by atoms with van der Waals surface area (Å²) in [4.78, 5) is 19.6. The van der Waals surface area contributed by atoms with Gasteiger partial charge in [0.05, 0.1) is 15.8 Å². The Kier molecular flexibility index (Phi) is 4.46. The van der Waals surface area contributed by atoms with E-state index < -0.39 is 0 Å². The first-order chi connectivity index (χ1) is 11.7. The van der Waals surface area contributed by atoms with E-state index in [1.807, 2.05) is 18.2 Å². The minimum absolute atomic E-state index is 0.000840. The zero-order valence-electron chi connectivity index (χ0n) is 13.9. The van der Waals surface area contributed by atoms with Crippen LogP contribution in [0.5, 0.6) is 0 Å². The monoisotopic (exact) mass is 342 g/mol. The van der Waals surface area contributed by atoms with E-state index in [2.05, 4.69) is 24.0 Å². The number of amides is 1. The Labute approximate surface area is 146 Å². The van der Waals surface area contributed by atoms with Crippen molar-refractivity contribution in [2.75, 3.05) is 19.8 Å². The molecule has 2 fully saturated rings. The number of nitrogens with zero attached hydrogens (tertiary/aromatic N) is 2. The van der Waals surface area contributed by atoms with Crippen LogP contribution in [0, 0.1) is 6.92 Å². The molecule has 2 aliphatic rings. The summed E-state index contributed by atoms with van der Waals surface area (Å²) in [7, 11) is 0. The van der Waals surface area contributed by atoms with Crippen molar-refractivity contribution >= 4 is 28.6 Å². The van der Waals surface area contributed by atoms with Gasteiger partial charge in [-0.3, -0.25) is 4.79 Å². The van der Waals surface area contributed by atoms with Crippen LogP contribution in [0.4, 0.5) is 0 Å². The molecule has 4 rings (SSSR count). The molecule has 2 aliphatic heterocycles. The number of hydrogen-bond donors (Lipinski definition) is 0. The minimum Gasteiger partial charge on any atom is -0.381 e. The van der Waals surface area contributed by atoms with Gasteiger partial charge in [0, 0.05) is 31.2 Å². The Hall–Kier alpha value is -1.59. The van der Waals surface area contributed by atoms with Gasteiger partial charge >= 0.3 is 0 Å². The van der Waals surface area contributed by atoms with Crippen LogP contribution in [-0.4, -0.2) is 46.8 Å². The van der Waals surface area contributed by atoms with Gasteiger partial charge in [0.25, 0.3) is 0 Å². The Balaban J connectivity index is 1.50. The normalized spacial score (nSPS) is 22.5. The highest BCUT2D eigenvalue weighted by Crippen LogP contribution is 2.33. The molecule has 24 heavy (non-hydrogen) atoms. The number of thioether (sulfide) groups is 1. The van der Waals surface area contributed by atoms with Crippen LogP contribution in [0.1, 0.15) is 24.8 Å². The number of carbonyl (C=O) groups is 1. The molecule has 0 aliphatic carbocycles. The van der Waals surface area contributed by atoms with E-state index in [0.717, 1.165) is 49.6 Å². The van der Waals surface area contributed by atoms with E-state index in [1.165, 1.54) is 10.9 Å². The zero-order chi connectivity index (χ0) is 16.5. The van der Waals surface area contributed by atoms with Crippen molar-refractivity contribution in [2.45, 2.75) is 42.5 Å². The van der Waals surface area contributed by atoms with E-state index in [1.54, 1.807) is 11.8 Å². The van der Waals surface area contributed by atoms with Crippen molar-refractivity contribution in [2.24, 2.45) is 0 Å². The van der Waals surface area contributed by atoms with E-state index in [0.29, 0.717) is 6.04 Å². The van der Waals surface area contributed by atoms with Crippen molar-refractivity contribution in [3.8, 4) is 0 Å². The number of aryl methyl sites for hydroxylation is 1. The first kappa shape index (κ1) is 15.9. The van der Waals surface area contributed by atoms with Crippen LogP contribution >= 0.6 is 11.8 Å². The number of likely N-dealkylation sites (tertiary alicyclic amines) is 1. The quantitative estimate of drug-likeness (QED) is 0.857. The van der Waals surface area contributed by atoms with Crippen LogP contribution in [0.25, 0.3) is 10.9 Å². The van der Waals surface area contributed by atoms with Gasteiger partial charge in [-0.15, -0.1) is 0 Å². The second kappa shape index (κ2) is 6.73. The topological polar surface area (TPSA) is 42.4 Å². The fraction of sp³-hybridized carbons (Fsp3) is 0.474. The van der Waals surface area contributed by atoms with Crippen LogP contribution in [0.3, 0.4) is 0 Å². The summed E-state index contributed by atoms with van der Waals surface area (Å²) >= 11 is 1.62. The predicted molar refractivity (Wildman–Crippen MR) is 96.3 cm³/mol. The summed E-state index contributed by atoms with van der Waals surface area (Å²) in [5.74, 6) is 0.277. The van der Waals surface area contributed by atoms with Gasteiger partial charge in [0.15, 0.2) is 0 Å². The number of pyridine rings is 1. The first-order valence-electron chi connectivity index (χ1n) is 8.63. The fourth-order valence-electron chi connectivity index (χ4n) is 3.67. The van der Waals surface area contributed by atoms with Crippen LogP contribution in [-0.2, 0) is 9.53 Å². The van der Waals surface area contributed by atoms with Crippen molar-refractivity contribution in [1.82, 2.24) is 9.88 Å². The average Bonchev–Trinajstić information content (AvgIpc) is 2.96. The Morgan fingerprint density at radius 1 is 1.21 bits per heavy atom. The molecule has 0 bridgehead atoms. The lowest BCUT2D eigenvalue weighted by Crippen LogP contribution is -2.41. The molecule has 126 valence electrons. The largest absolute Gasteiger partial charge is 0.381 e. The summed E-state index contributed by atoms with van der Waals surface area (Å²) in [6, 6.07) is 10.7. The molecule has 0 saturated carbocycles. The van der Waals surface area contributed by atoms with E-state index in [-0.39, 0.29) is 11.2 Å². The van der Waals surface area contributed by atoms with Gasteiger partial charge in [-0.25, -0.2) is 4.98 Å². The molecule has 1 aromatic carbocycles. The minimum atomic E-state index is 0.000840. The molecule has 0 radical (unpaired) electrons. The zero-order valence-corrected chi connectivity index (χ0v) is 14.7. The molecular weight excluding hydrogens is 320 g/mol. The second-order valence-electron chi connectivity index (χ2n) is 6.56. The molecule has 0 N–H and O–H groups in total. The van der Waals surface area contributed by atoms with Crippen molar-refractivity contribution in [3.63, 3.8) is 0 Å². The van der Waals surface area contributed by atoms with Crippen LogP contribution in [0.2, 0.25) is 0 Å². The molecular formula is C19H22N2O2S. The SMILES string of the molecule is Cc1cc(S[C@H]2CCN(C3CCOCC3)C2=O)nc2ccccc12. The molecule has 1 aromatic heterocycles. The van der Waals surface area contributed by atoms with Gasteiger partial charge in [-0.1, -0.05) is 30.0 Å². The third-order valence-corrected chi connectivity index (χ3v) is 6.16. The number of carbonyl (C=O) groups excluding carboxylic acids is 1. The van der Waals surface area contributed by atoms with E-state index in [9.17, 15) is 4.79 Å². The molecule has 0 unspecified atom stereocenters. The molecule has 2 aromatic rings. The van der Waals surface area contributed by atoms with Crippen molar-refractivity contribution in [3.05, 3.63) is 35.9 Å². The number of rotatable bonds is 3. The van der Waals surface area contributed by atoms with Crippen LogP contribution in [0.15, 0.2) is 35.4 Å². The fourth-order valence-corrected chi connectivity index (χ4v) is 4.82. The Morgan fingerprint density at radius 2 is 2.00 bits per heavy atom. The lowest BCUT2D eigenvalue weighted by Gasteiger charge is -2.31. The molecule has 3 heterocycles. The van der Waals surface area contributed by atoms with E-state index in [4.69, 9.17) is 9.72 Å². The van der Waals surface area contributed by atoms with Gasteiger partial charge < -0.3 is 9.64 Å². The summed E-state index contributed by atoms with van der Waals surface area (Å²) < 4.78 is 5.42. The maximum Gasteiger partial charge on any atom is 0.236 e. The number of ether oxygens (including phenoxy) is 1. The highest BCUT2D eigenvalue weighted by Gasteiger charge is 2.37. The highest BCUT2D eigenvalue weighted by molar-refractivity contribution is 8.00. The number of para-hydroxylation sites is 1. The van der Waals surface area contributed by atoms with Gasteiger partial charge in [-0.05, 0) is 43.9 Å². The summed E-state index contributed by atoms with van der Waals surface area (Å²) in [5, 5.41) is 2.14. The predicted octanol–water partition coefficient (Wildman–Crippen LogP) is 3.42. The summed E-state index contributed by atoms with van der Waals surface area (Å²) in [5.41, 5.74) is 2.22. The first-order valence-corrected chi connectivity index (χ1v) is 9.51. The maximum atomic E-state index is 12.8. The second-order valence-corrected chi connectivity index (χ2v) is 7.79. The number of benzene rings is 1. The molecule has 2 saturated heterocycles. The van der Waals surface area contributed by atoms with Crippen molar-refractivity contribution < 1.29 is 9.53 Å². The van der Waals surface area contributed by atoms with Gasteiger partial charge in [-0.2, -0.15) is 0 Å². The van der Waals surface area contributed by atoms with E-state index >= 15 is 0 Å².